The van der Waals surface area contributed by atoms with Gasteiger partial charge >= 0.3 is 0 Å². The molecule has 0 aliphatic carbocycles. The molecule has 2 N–H and O–H groups in total. The largest absolute Gasteiger partial charge is 0.872 e. The predicted octanol–water partition coefficient (Wildman–Crippen LogP) is 6.95. The van der Waals surface area contributed by atoms with Crippen LogP contribution >= 0.6 is 0 Å². The van der Waals surface area contributed by atoms with Gasteiger partial charge in [0.05, 0.1) is 37.1 Å². The highest BCUT2D eigenvalue weighted by molar-refractivity contribution is 5.87. The van der Waals surface area contributed by atoms with Gasteiger partial charge in [-0.3, -0.25) is 4.79 Å². The molecule has 1 aromatic heterocycles. The third kappa shape index (κ3) is 8.81. The first kappa shape index (κ1) is 30.2. The topological polar surface area (TPSA) is 93.7 Å². The van der Waals surface area contributed by atoms with Crippen molar-refractivity contribution in [1.29, 1.82) is 0 Å². The van der Waals surface area contributed by atoms with E-state index in [2.05, 4.69) is 27.7 Å². The minimum absolute atomic E-state index is 0.0440. The van der Waals surface area contributed by atoms with Crippen LogP contribution in [0.15, 0.2) is 51.9 Å². The minimum atomic E-state index is -0.589. The van der Waals surface area contributed by atoms with Gasteiger partial charge in [-0.25, -0.2) is 0 Å². The summed E-state index contributed by atoms with van der Waals surface area (Å²) in [6.45, 7) is 15.0. The number of aromatic hydroxyl groups is 2. The van der Waals surface area contributed by atoms with Crippen LogP contribution in [0, 0.1) is 0 Å². The van der Waals surface area contributed by atoms with Crippen molar-refractivity contribution in [1.82, 2.24) is 0 Å². The second kappa shape index (κ2) is 15.3. The van der Waals surface area contributed by atoms with Gasteiger partial charge in [-0.1, -0.05) is 71.3 Å². The molecule has 0 radical (unpaired) electrons. The average Bonchev–Trinajstić information content (AvgIpc) is 2.89. The molecule has 6 heteroatoms. The van der Waals surface area contributed by atoms with Crippen LogP contribution in [0.3, 0.4) is 0 Å². The van der Waals surface area contributed by atoms with E-state index in [0.29, 0.717) is 5.56 Å². The van der Waals surface area contributed by atoms with E-state index in [1.54, 1.807) is 12.1 Å². The maximum Gasteiger partial charge on any atom is 0.199 e. The quantitative estimate of drug-likeness (QED) is 0.242. The summed E-state index contributed by atoms with van der Waals surface area (Å²) in [4.78, 5) is 12.3. The molecule has 1 heterocycles. The van der Waals surface area contributed by atoms with E-state index in [9.17, 15) is 20.1 Å². The molecule has 0 spiro atoms. The van der Waals surface area contributed by atoms with Crippen LogP contribution < -0.4 is 10.5 Å². The van der Waals surface area contributed by atoms with Gasteiger partial charge in [0.1, 0.15) is 23.3 Å². The fourth-order valence-electron chi connectivity index (χ4n) is 4.69. The van der Waals surface area contributed by atoms with Gasteiger partial charge in [0, 0.05) is 6.07 Å². The summed E-state index contributed by atoms with van der Waals surface area (Å²) >= 11 is 0. The maximum absolute atomic E-state index is 12.3. The van der Waals surface area contributed by atoms with Crippen LogP contribution in [0.5, 0.6) is 17.2 Å². The summed E-state index contributed by atoms with van der Waals surface area (Å²) in [5, 5.41) is 30.3. The molecule has 0 saturated carbocycles. The van der Waals surface area contributed by atoms with Crippen molar-refractivity contribution in [2.75, 3.05) is 26.2 Å². The summed E-state index contributed by atoms with van der Waals surface area (Å²) in [5.41, 5.74) is 0.329. The normalized spacial score (nSPS) is 11.4. The van der Waals surface area contributed by atoms with E-state index in [-0.39, 0.29) is 28.0 Å². The first-order valence-electron chi connectivity index (χ1n) is 13.9. The molecule has 0 aliphatic heterocycles. The Morgan fingerprint density at radius 1 is 0.757 bits per heavy atom. The molecule has 37 heavy (non-hydrogen) atoms. The van der Waals surface area contributed by atoms with Crippen LogP contribution in [-0.2, 0) is 0 Å². The Balaban J connectivity index is 0.000000265. The minimum Gasteiger partial charge on any atom is -0.872 e. The van der Waals surface area contributed by atoms with Crippen molar-refractivity contribution in [2.45, 2.75) is 79.1 Å². The summed E-state index contributed by atoms with van der Waals surface area (Å²) in [6, 6.07) is 8.18. The summed E-state index contributed by atoms with van der Waals surface area (Å²) in [7, 11) is 0. The van der Waals surface area contributed by atoms with E-state index in [1.807, 2.05) is 0 Å². The number of quaternary nitrogens is 1. The number of unbranched alkanes of at least 4 members (excludes halogenated alkanes) is 4. The van der Waals surface area contributed by atoms with Gasteiger partial charge in [0.25, 0.3) is 0 Å². The van der Waals surface area contributed by atoms with Crippen LogP contribution in [0.1, 0.15) is 79.1 Å². The van der Waals surface area contributed by atoms with Crippen molar-refractivity contribution in [2.24, 2.45) is 0 Å². The lowest BCUT2D eigenvalue weighted by Crippen LogP contribution is -2.50. The molecule has 0 fully saturated rings. The molecular formula is C31H45NO5. The Morgan fingerprint density at radius 3 is 1.70 bits per heavy atom. The molecule has 3 rings (SSSR count). The Labute approximate surface area is 221 Å². The number of nitrogens with zero attached hydrogens (tertiary/aromatic N) is 1. The molecule has 0 saturated heterocycles. The van der Waals surface area contributed by atoms with Gasteiger partial charge in [-0.2, -0.15) is 0 Å². The van der Waals surface area contributed by atoms with Crippen molar-refractivity contribution >= 4 is 11.0 Å². The second-order valence-corrected chi connectivity index (χ2v) is 9.99. The molecule has 0 atom stereocenters. The van der Waals surface area contributed by atoms with Crippen molar-refractivity contribution in [3.05, 3.63) is 52.9 Å². The van der Waals surface area contributed by atoms with Crippen molar-refractivity contribution in [3.8, 4) is 28.4 Å². The lowest BCUT2D eigenvalue weighted by atomic mass is 10.0. The molecular weight excluding hydrogens is 466 g/mol. The smallest absolute Gasteiger partial charge is 0.199 e. The predicted molar refractivity (Wildman–Crippen MR) is 150 cm³/mol. The zero-order valence-electron chi connectivity index (χ0n) is 23.1. The van der Waals surface area contributed by atoms with Gasteiger partial charge in [-0.05, 0) is 49.4 Å². The molecule has 3 aromatic rings. The third-order valence-electron chi connectivity index (χ3n) is 6.95. The number of hydrogen-bond acceptors (Lipinski definition) is 5. The third-order valence-corrected chi connectivity index (χ3v) is 6.95. The first-order chi connectivity index (χ1) is 17.8. The molecule has 0 aliphatic rings. The number of phenolic OH excluding ortho intramolecular Hbond substituents is 2. The average molecular weight is 512 g/mol. The lowest BCUT2D eigenvalue weighted by Gasteiger charge is -2.39. The van der Waals surface area contributed by atoms with E-state index in [4.69, 9.17) is 4.42 Å². The molecule has 0 bridgehead atoms. The Bertz CT molecular complexity index is 1100. The highest BCUT2D eigenvalue weighted by atomic mass is 16.3. The van der Waals surface area contributed by atoms with E-state index >= 15 is 0 Å². The zero-order valence-corrected chi connectivity index (χ0v) is 23.1. The van der Waals surface area contributed by atoms with Gasteiger partial charge in [-0.15, -0.1) is 0 Å². The standard InChI is InChI=1S/C16H36N.C15H10O5/c1-5-9-13-17(14-10-6-2,15-11-7-3)16-12-8-4;16-9-3-1-8(2-4-9)11-7-20-13-6-10(17)5-12(18)14(13)15(11)19/h5-16H2,1-4H3;1-7,16-18H/q+1;/p-1. The fourth-order valence-corrected chi connectivity index (χ4v) is 4.69. The monoisotopic (exact) mass is 511 g/mol. The second-order valence-electron chi connectivity index (χ2n) is 9.99. The van der Waals surface area contributed by atoms with E-state index in [0.717, 1.165) is 6.07 Å². The number of benzene rings is 2. The van der Waals surface area contributed by atoms with E-state index in [1.165, 1.54) is 106 Å². The van der Waals surface area contributed by atoms with Crippen LogP contribution in [0.2, 0.25) is 0 Å². The Morgan fingerprint density at radius 2 is 1.24 bits per heavy atom. The van der Waals surface area contributed by atoms with Crippen molar-refractivity contribution in [3.63, 3.8) is 0 Å². The van der Waals surface area contributed by atoms with Gasteiger partial charge in [0.2, 0.25) is 0 Å². The van der Waals surface area contributed by atoms with Crippen molar-refractivity contribution < 1.29 is 24.2 Å². The molecule has 0 amide bonds. The fraction of sp³-hybridized carbons (Fsp3) is 0.516. The first-order valence-corrected chi connectivity index (χ1v) is 13.9. The Kier molecular flexibility index (Phi) is 12.5. The number of phenols is 2. The summed E-state index contributed by atoms with van der Waals surface area (Å²) in [5.74, 6) is -0.759. The number of rotatable bonds is 13. The molecule has 6 nitrogen and oxygen atoms in total. The Hall–Kier alpha value is -2.99. The molecule has 2 aromatic carbocycles. The highest BCUT2D eigenvalue weighted by Crippen LogP contribution is 2.28. The van der Waals surface area contributed by atoms with E-state index < -0.39 is 11.2 Å². The van der Waals surface area contributed by atoms with Gasteiger partial charge < -0.3 is 24.2 Å². The molecule has 0 unspecified atom stereocenters. The summed E-state index contributed by atoms with van der Waals surface area (Å²) in [6.07, 6.45) is 12.3. The molecule has 204 valence electrons. The number of fused-ring (bicyclic) bond motifs is 1. The van der Waals surface area contributed by atoms with Crippen LogP contribution in [0.25, 0.3) is 22.1 Å². The van der Waals surface area contributed by atoms with Crippen LogP contribution in [0.4, 0.5) is 0 Å². The summed E-state index contributed by atoms with van der Waals surface area (Å²) < 4.78 is 6.67. The maximum atomic E-state index is 12.3. The number of hydrogen-bond donors (Lipinski definition) is 2. The zero-order chi connectivity index (χ0) is 27.3. The lowest BCUT2D eigenvalue weighted by molar-refractivity contribution is -0.929. The SMILES string of the molecule is CCCC[N+](CCCC)(CCCC)CCCC.O=c1c(-c2ccc(O)cc2)coc2cc(O)cc([O-])c12. The van der Waals surface area contributed by atoms with Crippen LogP contribution in [-0.4, -0.2) is 40.9 Å². The van der Waals surface area contributed by atoms with Gasteiger partial charge in [0.15, 0.2) is 5.43 Å². The highest BCUT2D eigenvalue weighted by Gasteiger charge is 2.24.